The predicted octanol–water partition coefficient (Wildman–Crippen LogP) is 2.91. The Hall–Kier alpha value is -2.53. The highest BCUT2D eigenvalue weighted by Gasteiger charge is 2.12. The van der Waals surface area contributed by atoms with Gasteiger partial charge in [-0.15, -0.1) is 0 Å². The van der Waals surface area contributed by atoms with Crippen molar-refractivity contribution >= 4 is 11.7 Å². The van der Waals surface area contributed by atoms with Crippen LogP contribution in [0.5, 0.6) is 11.5 Å². The van der Waals surface area contributed by atoms with Gasteiger partial charge in [-0.25, -0.2) is 4.79 Å². The third-order valence-electron chi connectivity index (χ3n) is 2.67. The van der Waals surface area contributed by atoms with Crippen LogP contribution >= 0.6 is 0 Å². The van der Waals surface area contributed by atoms with E-state index in [4.69, 9.17) is 20.3 Å². The zero-order chi connectivity index (χ0) is 14.5. The lowest BCUT2D eigenvalue weighted by Crippen LogP contribution is -2.01. The maximum absolute atomic E-state index is 11.2. The third kappa shape index (κ3) is 3.27. The smallest absolute Gasteiger partial charge is 0.339 e. The standard InChI is InChI=1S/C15H15NO4/c1-19-9-10-3-2-4-12(7-10)20-14-8-11(16)5-6-13(14)15(17)18/h2-8H,9,16H2,1H3,(H,17,18). The molecule has 0 radical (unpaired) electrons. The number of hydrogen-bond donors (Lipinski definition) is 2. The molecule has 0 fully saturated rings. The number of carboxylic acids is 1. The summed E-state index contributed by atoms with van der Waals surface area (Å²) in [6.07, 6.45) is 0. The number of hydrogen-bond acceptors (Lipinski definition) is 4. The van der Waals surface area contributed by atoms with Gasteiger partial charge in [-0.05, 0) is 29.8 Å². The number of methoxy groups -OCH3 is 1. The van der Waals surface area contributed by atoms with Gasteiger partial charge in [-0.2, -0.15) is 0 Å². The molecule has 0 unspecified atom stereocenters. The third-order valence-corrected chi connectivity index (χ3v) is 2.67. The van der Waals surface area contributed by atoms with Gasteiger partial charge >= 0.3 is 5.97 Å². The molecule has 0 spiro atoms. The van der Waals surface area contributed by atoms with Gasteiger partial charge in [0.1, 0.15) is 17.1 Å². The Balaban J connectivity index is 2.31. The summed E-state index contributed by atoms with van der Waals surface area (Å²) in [4.78, 5) is 11.2. The van der Waals surface area contributed by atoms with Gasteiger partial charge in [0.15, 0.2) is 0 Å². The molecular weight excluding hydrogens is 258 g/mol. The number of rotatable bonds is 5. The topological polar surface area (TPSA) is 81.8 Å². The quantitative estimate of drug-likeness (QED) is 0.818. The minimum Gasteiger partial charge on any atom is -0.478 e. The van der Waals surface area contributed by atoms with E-state index in [0.717, 1.165) is 5.56 Å². The minimum absolute atomic E-state index is 0.0661. The molecule has 0 aliphatic heterocycles. The van der Waals surface area contributed by atoms with Crippen LogP contribution in [-0.2, 0) is 11.3 Å². The fraction of sp³-hybridized carbons (Fsp3) is 0.133. The van der Waals surface area contributed by atoms with Crippen LogP contribution in [0.25, 0.3) is 0 Å². The van der Waals surface area contributed by atoms with Crippen LogP contribution in [0, 0.1) is 0 Å². The van der Waals surface area contributed by atoms with Gasteiger partial charge in [0.05, 0.1) is 6.61 Å². The molecule has 0 heterocycles. The molecule has 0 saturated carbocycles. The van der Waals surface area contributed by atoms with Gasteiger partial charge in [0.2, 0.25) is 0 Å². The first kappa shape index (κ1) is 13.9. The fourth-order valence-corrected chi connectivity index (χ4v) is 1.79. The van der Waals surface area contributed by atoms with E-state index < -0.39 is 5.97 Å². The zero-order valence-electron chi connectivity index (χ0n) is 11.0. The molecule has 0 aromatic heterocycles. The Morgan fingerprint density at radius 2 is 2.05 bits per heavy atom. The number of anilines is 1. The highest BCUT2D eigenvalue weighted by molar-refractivity contribution is 5.91. The molecule has 0 amide bonds. The van der Waals surface area contributed by atoms with Gasteiger partial charge in [-0.1, -0.05) is 12.1 Å². The van der Waals surface area contributed by atoms with Crippen LogP contribution < -0.4 is 10.5 Å². The summed E-state index contributed by atoms with van der Waals surface area (Å²) in [5.41, 5.74) is 7.11. The van der Waals surface area contributed by atoms with E-state index in [1.807, 2.05) is 12.1 Å². The van der Waals surface area contributed by atoms with E-state index in [2.05, 4.69) is 0 Å². The highest BCUT2D eigenvalue weighted by Crippen LogP contribution is 2.28. The number of nitrogens with two attached hydrogens (primary N) is 1. The van der Waals surface area contributed by atoms with Crippen LogP contribution in [-0.4, -0.2) is 18.2 Å². The molecule has 5 nitrogen and oxygen atoms in total. The molecule has 2 aromatic carbocycles. The Bertz CT molecular complexity index is 625. The number of nitrogen functional groups attached to an aromatic ring is 1. The second-order valence-electron chi connectivity index (χ2n) is 4.24. The Morgan fingerprint density at radius 3 is 2.75 bits per heavy atom. The molecule has 0 aliphatic carbocycles. The number of carbonyl (C=O) groups is 1. The van der Waals surface area contributed by atoms with E-state index in [1.165, 1.54) is 18.2 Å². The average molecular weight is 273 g/mol. The van der Waals surface area contributed by atoms with Crippen LogP contribution in [0.3, 0.4) is 0 Å². The molecule has 0 saturated heterocycles. The van der Waals surface area contributed by atoms with E-state index >= 15 is 0 Å². The van der Waals surface area contributed by atoms with Crippen LogP contribution in [0.4, 0.5) is 5.69 Å². The van der Waals surface area contributed by atoms with Crippen molar-refractivity contribution in [2.45, 2.75) is 6.61 Å². The lowest BCUT2D eigenvalue weighted by atomic mass is 10.2. The molecule has 104 valence electrons. The summed E-state index contributed by atoms with van der Waals surface area (Å²) in [5.74, 6) is -0.312. The summed E-state index contributed by atoms with van der Waals surface area (Å²) in [5, 5.41) is 9.13. The predicted molar refractivity (Wildman–Crippen MR) is 75.0 cm³/mol. The molecule has 0 bridgehead atoms. The Morgan fingerprint density at radius 1 is 1.25 bits per heavy atom. The second kappa shape index (κ2) is 6.08. The second-order valence-corrected chi connectivity index (χ2v) is 4.24. The van der Waals surface area contributed by atoms with Crippen molar-refractivity contribution < 1.29 is 19.4 Å². The lowest BCUT2D eigenvalue weighted by Gasteiger charge is -2.10. The minimum atomic E-state index is -1.06. The van der Waals surface area contributed by atoms with Crippen LogP contribution in [0.1, 0.15) is 15.9 Å². The Kier molecular flexibility index (Phi) is 4.22. The van der Waals surface area contributed by atoms with E-state index in [-0.39, 0.29) is 11.3 Å². The van der Waals surface area contributed by atoms with E-state index in [9.17, 15) is 4.79 Å². The molecule has 2 rings (SSSR count). The Labute approximate surface area is 116 Å². The SMILES string of the molecule is COCc1cccc(Oc2cc(N)ccc2C(=O)O)c1. The molecular formula is C15H15NO4. The summed E-state index contributed by atoms with van der Waals surface area (Å²) in [6, 6.07) is 11.7. The molecule has 20 heavy (non-hydrogen) atoms. The van der Waals surface area contributed by atoms with Crippen LogP contribution in [0.15, 0.2) is 42.5 Å². The molecule has 0 aliphatic rings. The first-order valence-electron chi connectivity index (χ1n) is 5.98. The first-order chi connectivity index (χ1) is 9.60. The number of aromatic carboxylic acids is 1. The molecule has 2 aromatic rings. The largest absolute Gasteiger partial charge is 0.478 e. The van der Waals surface area contributed by atoms with Gasteiger partial charge in [-0.3, -0.25) is 0 Å². The first-order valence-corrected chi connectivity index (χ1v) is 5.98. The maximum atomic E-state index is 11.2. The zero-order valence-corrected chi connectivity index (χ0v) is 11.0. The van der Waals surface area contributed by atoms with E-state index in [0.29, 0.717) is 18.0 Å². The normalized spacial score (nSPS) is 10.2. The fourth-order valence-electron chi connectivity index (χ4n) is 1.79. The molecule has 5 heteroatoms. The lowest BCUT2D eigenvalue weighted by molar-refractivity contribution is 0.0694. The van der Waals surface area contributed by atoms with E-state index in [1.54, 1.807) is 19.2 Å². The van der Waals surface area contributed by atoms with Gasteiger partial charge in [0, 0.05) is 18.9 Å². The average Bonchev–Trinajstić information content (AvgIpc) is 2.39. The van der Waals surface area contributed by atoms with Crippen molar-refractivity contribution in [3.63, 3.8) is 0 Å². The number of carboxylic acid groups (broad SMARTS) is 1. The van der Waals surface area contributed by atoms with Crippen molar-refractivity contribution in [1.29, 1.82) is 0 Å². The summed E-state index contributed by atoms with van der Waals surface area (Å²) >= 11 is 0. The molecule has 3 N–H and O–H groups in total. The van der Waals surface area contributed by atoms with Gasteiger partial charge < -0.3 is 20.3 Å². The summed E-state index contributed by atoms with van der Waals surface area (Å²) < 4.78 is 10.7. The van der Waals surface area contributed by atoms with Crippen LogP contribution in [0.2, 0.25) is 0 Å². The van der Waals surface area contributed by atoms with Crippen molar-refractivity contribution in [3.8, 4) is 11.5 Å². The highest BCUT2D eigenvalue weighted by atomic mass is 16.5. The summed E-state index contributed by atoms with van der Waals surface area (Å²) in [6.45, 7) is 0.458. The number of ether oxygens (including phenoxy) is 2. The summed E-state index contributed by atoms with van der Waals surface area (Å²) in [7, 11) is 1.61. The molecule has 0 atom stereocenters. The monoisotopic (exact) mass is 273 g/mol. The maximum Gasteiger partial charge on any atom is 0.339 e. The van der Waals surface area contributed by atoms with Crippen molar-refractivity contribution in [2.24, 2.45) is 0 Å². The van der Waals surface area contributed by atoms with Crippen molar-refractivity contribution in [3.05, 3.63) is 53.6 Å². The number of benzene rings is 2. The van der Waals surface area contributed by atoms with Crippen molar-refractivity contribution in [1.82, 2.24) is 0 Å². The van der Waals surface area contributed by atoms with Crippen molar-refractivity contribution in [2.75, 3.05) is 12.8 Å². The van der Waals surface area contributed by atoms with Gasteiger partial charge in [0.25, 0.3) is 0 Å².